The van der Waals surface area contributed by atoms with Gasteiger partial charge >= 0.3 is 0 Å². The number of aliphatic imine (C=N–C) groups is 1. The Morgan fingerprint density at radius 2 is 1.80 bits per heavy atom. The molecule has 238 valence electrons. The van der Waals surface area contributed by atoms with Gasteiger partial charge in [-0.3, -0.25) is 19.4 Å². The van der Waals surface area contributed by atoms with Gasteiger partial charge in [0, 0.05) is 63.9 Å². The van der Waals surface area contributed by atoms with Gasteiger partial charge in [-0.15, -0.1) is 0 Å². The predicted molar refractivity (Wildman–Crippen MR) is 178 cm³/mol. The number of carbonyl (C=O) groups is 3. The molecule has 2 amide bonds. The second-order valence-corrected chi connectivity index (χ2v) is 12.3. The second kappa shape index (κ2) is 13.2. The zero-order chi connectivity index (χ0) is 32.4. The number of benzene rings is 2. The number of carbonyl (C=O) groups excluding carboxylic acids is 3. The van der Waals surface area contributed by atoms with Crippen molar-refractivity contribution in [3.05, 3.63) is 83.1 Å². The molecule has 0 saturated carbocycles. The van der Waals surface area contributed by atoms with Crippen molar-refractivity contribution in [2.75, 3.05) is 18.5 Å². The quantitative estimate of drug-likeness (QED) is 0.173. The van der Waals surface area contributed by atoms with Crippen LogP contribution in [0.5, 0.6) is 5.75 Å². The molecule has 0 aliphatic carbocycles. The molecule has 46 heavy (non-hydrogen) atoms. The third-order valence-electron chi connectivity index (χ3n) is 8.82. The van der Waals surface area contributed by atoms with Crippen LogP contribution >= 0.6 is 0 Å². The largest absolute Gasteiger partial charge is 0.493 e. The molecule has 1 N–H and O–H groups in total. The Morgan fingerprint density at radius 3 is 2.57 bits per heavy atom. The van der Waals surface area contributed by atoms with Crippen LogP contribution in [0.15, 0.2) is 59.9 Å². The molecule has 1 atom stereocenters. The summed E-state index contributed by atoms with van der Waals surface area (Å²) in [5.41, 5.74) is 6.40. The zero-order valence-electron chi connectivity index (χ0n) is 26.9. The summed E-state index contributed by atoms with van der Waals surface area (Å²) in [4.78, 5) is 49.8. The molecule has 6 rings (SSSR count). The van der Waals surface area contributed by atoms with Crippen molar-refractivity contribution in [3.8, 4) is 16.9 Å². The average molecular weight is 621 g/mol. The molecule has 2 aromatic carbocycles. The molecule has 0 radical (unpaired) electrons. The zero-order valence-corrected chi connectivity index (χ0v) is 26.9. The molecule has 10 nitrogen and oxygen atoms in total. The number of anilines is 1. The van der Waals surface area contributed by atoms with E-state index in [9.17, 15) is 14.4 Å². The lowest BCUT2D eigenvalue weighted by Crippen LogP contribution is -2.43. The second-order valence-electron chi connectivity index (χ2n) is 12.3. The average Bonchev–Trinajstić information content (AvgIpc) is 3.54. The number of fused-ring (bicyclic) bond motifs is 2. The number of hydrogen-bond acceptors (Lipinski definition) is 6. The van der Waals surface area contributed by atoms with E-state index in [2.05, 4.69) is 39.0 Å². The molecule has 0 spiro atoms. The Kier molecular flexibility index (Phi) is 8.87. The van der Waals surface area contributed by atoms with Crippen molar-refractivity contribution in [2.24, 2.45) is 19.1 Å². The Bertz CT molecular complexity index is 1800. The number of nitrogens with zero attached hydrogens (tertiary/aromatic N) is 5. The monoisotopic (exact) mass is 620 g/mol. The fourth-order valence-electron chi connectivity index (χ4n) is 6.11. The third kappa shape index (κ3) is 6.66. The number of aromatic nitrogens is 3. The number of ether oxygens (including phenoxy) is 1. The fraction of sp³-hybridized carbons (Fsp3) is 0.361. The molecule has 4 heterocycles. The van der Waals surface area contributed by atoms with E-state index in [1.807, 2.05) is 61.5 Å². The van der Waals surface area contributed by atoms with Crippen molar-refractivity contribution in [3.63, 3.8) is 0 Å². The number of piperidine rings is 1. The minimum atomic E-state index is -0.210. The highest BCUT2D eigenvalue weighted by molar-refractivity contribution is 6.03. The van der Waals surface area contributed by atoms with Gasteiger partial charge in [0.05, 0.1) is 23.9 Å². The van der Waals surface area contributed by atoms with Crippen molar-refractivity contribution in [1.29, 1.82) is 0 Å². The van der Waals surface area contributed by atoms with Crippen molar-refractivity contribution in [1.82, 2.24) is 19.0 Å². The van der Waals surface area contributed by atoms with Gasteiger partial charge in [0.2, 0.25) is 11.7 Å². The van der Waals surface area contributed by atoms with Crippen molar-refractivity contribution >= 4 is 35.3 Å². The van der Waals surface area contributed by atoms with Gasteiger partial charge < -0.3 is 24.1 Å². The molecule has 4 aromatic rings. The van der Waals surface area contributed by atoms with Gasteiger partial charge in [-0.2, -0.15) is 0 Å². The van der Waals surface area contributed by atoms with E-state index in [1.54, 1.807) is 17.8 Å². The molecule has 1 fully saturated rings. The van der Waals surface area contributed by atoms with Gasteiger partial charge in [-0.1, -0.05) is 24.3 Å². The van der Waals surface area contributed by atoms with Crippen LogP contribution in [0.2, 0.25) is 0 Å². The number of ketones is 1. The molecule has 0 bridgehead atoms. The number of Topliss-reactive ketones (excluding diaryl/α,β-unsaturated/α-hetero) is 1. The van der Waals surface area contributed by atoms with Crippen molar-refractivity contribution < 1.29 is 19.1 Å². The molecular formula is C36H40N6O4. The van der Waals surface area contributed by atoms with E-state index in [4.69, 9.17) is 4.74 Å². The van der Waals surface area contributed by atoms with Gasteiger partial charge in [0.25, 0.3) is 5.91 Å². The standard InChI is InChI=1S/C36H40N6O4/c1-23-16-29-30(37-20-28-8-5-6-14-42(28)36(29)45)19-32(23)46-15-7-9-34(44)38-33-22-41(4)35(39-33)31(43)18-25-10-12-26(13-11-25)27-17-24(2)40(3)21-27/h10-13,16-17,19-22,28H,5-9,14-15,18H2,1-4H3,(H,38,44)/t28-/m0/s1. The summed E-state index contributed by atoms with van der Waals surface area (Å²) < 4.78 is 9.73. The Labute approximate surface area is 269 Å². The normalized spacial score (nSPS) is 15.7. The van der Waals surface area contributed by atoms with E-state index in [0.29, 0.717) is 35.8 Å². The maximum absolute atomic E-state index is 13.2. The van der Waals surface area contributed by atoms with Crippen LogP contribution in [0, 0.1) is 13.8 Å². The lowest BCUT2D eigenvalue weighted by molar-refractivity contribution is -0.116. The summed E-state index contributed by atoms with van der Waals surface area (Å²) >= 11 is 0. The number of nitrogens with one attached hydrogen (secondary N) is 1. The van der Waals surface area contributed by atoms with Gasteiger partial charge in [-0.05, 0) is 73.9 Å². The first kappa shape index (κ1) is 31.0. The molecule has 10 heteroatoms. The highest BCUT2D eigenvalue weighted by Gasteiger charge is 2.30. The first-order chi connectivity index (χ1) is 22.2. The van der Waals surface area contributed by atoms with Gasteiger partial charge in [0.1, 0.15) is 5.75 Å². The summed E-state index contributed by atoms with van der Waals surface area (Å²) in [7, 11) is 3.77. The minimum absolute atomic E-state index is 0.0236. The highest BCUT2D eigenvalue weighted by atomic mass is 16.5. The molecule has 2 aliphatic rings. The van der Waals surface area contributed by atoms with Gasteiger partial charge in [-0.25, -0.2) is 4.98 Å². The Morgan fingerprint density at radius 1 is 1.00 bits per heavy atom. The molecule has 2 aliphatic heterocycles. The fourth-order valence-corrected chi connectivity index (χ4v) is 6.11. The minimum Gasteiger partial charge on any atom is -0.493 e. The van der Waals surface area contributed by atoms with E-state index in [-0.39, 0.29) is 42.3 Å². The maximum atomic E-state index is 13.2. The lowest BCUT2D eigenvalue weighted by Gasteiger charge is -2.32. The third-order valence-corrected chi connectivity index (χ3v) is 8.82. The number of amides is 2. The summed E-state index contributed by atoms with van der Waals surface area (Å²) in [6, 6.07) is 13.8. The first-order valence-corrected chi connectivity index (χ1v) is 15.9. The molecule has 0 unspecified atom stereocenters. The lowest BCUT2D eigenvalue weighted by atomic mass is 10.0. The van der Waals surface area contributed by atoms with Crippen LogP contribution in [0.25, 0.3) is 11.1 Å². The highest BCUT2D eigenvalue weighted by Crippen LogP contribution is 2.33. The maximum Gasteiger partial charge on any atom is 0.256 e. The predicted octanol–water partition coefficient (Wildman–Crippen LogP) is 5.98. The van der Waals surface area contributed by atoms with Crippen LogP contribution < -0.4 is 10.1 Å². The van der Waals surface area contributed by atoms with E-state index < -0.39 is 0 Å². The number of imidazole rings is 1. The van der Waals surface area contributed by atoms with Crippen LogP contribution in [-0.4, -0.2) is 62.0 Å². The van der Waals surface area contributed by atoms with Crippen LogP contribution in [0.3, 0.4) is 0 Å². The topological polar surface area (TPSA) is 111 Å². The first-order valence-electron chi connectivity index (χ1n) is 15.9. The molecule has 1 saturated heterocycles. The SMILES string of the molecule is Cc1cc2c(cc1OCCCC(=O)Nc1cn(C)c(C(=O)Cc3ccc(-c4cc(C)n(C)c4)cc3)n1)N=C[C@@H]1CCCCN1C2=O. The van der Waals surface area contributed by atoms with E-state index in [0.717, 1.165) is 48.1 Å². The van der Waals surface area contributed by atoms with Gasteiger partial charge in [0.15, 0.2) is 11.6 Å². The van der Waals surface area contributed by atoms with E-state index in [1.165, 1.54) is 5.69 Å². The smallest absolute Gasteiger partial charge is 0.256 e. The molecular weight excluding hydrogens is 580 g/mol. The van der Waals surface area contributed by atoms with E-state index >= 15 is 0 Å². The van der Waals surface area contributed by atoms with Crippen LogP contribution in [0.4, 0.5) is 11.5 Å². The number of rotatable bonds is 10. The Balaban J connectivity index is 0.993. The van der Waals surface area contributed by atoms with Crippen LogP contribution in [0.1, 0.15) is 69.9 Å². The molecule has 2 aromatic heterocycles. The number of hydrogen-bond donors (Lipinski definition) is 1. The Hall–Kier alpha value is -4.99. The van der Waals surface area contributed by atoms with Crippen molar-refractivity contribution in [2.45, 2.75) is 58.4 Å². The summed E-state index contributed by atoms with van der Waals surface area (Å²) in [6.45, 7) is 5.07. The summed E-state index contributed by atoms with van der Waals surface area (Å²) in [6.07, 6.45) is 9.60. The summed E-state index contributed by atoms with van der Waals surface area (Å²) in [5, 5.41) is 2.80. The summed E-state index contributed by atoms with van der Waals surface area (Å²) in [5.74, 6) is 0.970. The number of aryl methyl sites for hydroxylation is 4. The van der Waals surface area contributed by atoms with Crippen LogP contribution in [-0.2, 0) is 25.3 Å².